The lowest BCUT2D eigenvalue weighted by Gasteiger charge is -2.31. The third-order valence-corrected chi connectivity index (χ3v) is 14.7. The van der Waals surface area contributed by atoms with Crippen molar-refractivity contribution in [1.82, 2.24) is 0 Å². The molecule has 10 aromatic rings. The van der Waals surface area contributed by atoms with Crippen molar-refractivity contribution in [1.29, 1.82) is 0 Å². The zero-order valence-corrected chi connectivity index (χ0v) is 36.5. The highest BCUT2D eigenvalue weighted by molar-refractivity contribution is 6.03. The highest BCUT2D eigenvalue weighted by Gasteiger charge is 2.52. The molecule has 0 aromatic heterocycles. The Morgan fingerprint density at radius 1 is 0.277 bits per heavy atom. The lowest BCUT2D eigenvalue weighted by atomic mass is 9.70. The van der Waals surface area contributed by atoms with Gasteiger partial charge in [-0.15, -0.1) is 0 Å². The first kappa shape index (κ1) is 37.5. The number of anilines is 3. The number of benzene rings is 10. The van der Waals surface area contributed by atoms with Gasteiger partial charge in [0.25, 0.3) is 0 Å². The second kappa shape index (κ2) is 14.3. The van der Waals surface area contributed by atoms with Crippen LogP contribution < -0.4 is 4.90 Å². The maximum atomic E-state index is 2.49. The molecule has 0 heterocycles. The zero-order valence-electron chi connectivity index (χ0n) is 36.5. The van der Waals surface area contributed by atoms with Crippen molar-refractivity contribution < 1.29 is 0 Å². The van der Waals surface area contributed by atoms with Crippen molar-refractivity contribution in [3.63, 3.8) is 0 Å². The van der Waals surface area contributed by atoms with Gasteiger partial charge >= 0.3 is 0 Å². The Balaban J connectivity index is 1.04. The summed E-state index contributed by atoms with van der Waals surface area (Å²) in [5, 5.41) is 0. The van der Waals surface area contributed by atoms with Gasteiger partial charge in [0.1, 0.15) is 0 Å². The number of nitrogens with zero attached hydrogens (tertiary/aromatic N) is 1. The molecule has 1 atom stereocenters. The first-order valence-electron chi connectivity index (χ1n) is 22.8. The average molecular weight is 828 g/mol. The molecule has 13 rings (SSSR count). The Morgan fingerprint density at radius 3 is 1.46 bits per heavy atom. The molecule has 65 heavy (non-hydrogen) atoms. The van der Waals surface area contributed by atoms with E-state index in [1.54, 1.807) is 0 Å². The zero-order chi connectivity index (χ0) is 43.3. The molecular weight excluding hydrogens is 783 g/mol. The van der Waals surface area contributed by atoms with Crippen LogP contribution in [0.25, 0.3) is 66.8 Å². The summed E-state index contributed by atoms with van der Waals surface area (Å²) >= 11 is 0. The van der Waals surface area contributed by atoms with Gasteiger partial charge in [-0.3, -0.25) is 0 Å². The van der Waals surface area contributed by atoms with Crippen molar-refractivity contribution in [3.8, 4) is 66.8 Å². The van der Waals surface area contributed by atoms with E-state index < -0.39 is 5.41 Å². The van der Waals surface area contributed by atoms with Crippen LogP contribution in [0, 0.1) is 0 Å². The molecule has 0 aliphatic heterocycles. The normalized spacial score (nSPS) is 15.4. The molecular formula is C64H45N. The molecule has 0 radical (unpaired) electrons. The van der Waals surface area contributed by atoms with Crippen molar-refractivity contribution in [2.24, 2.45) is 0 Å². The second-order valence-electron chi connectivity index (χ2n) is 18.4. The summed E-state index contributed by atoms with van der Waals surface area (Å²) < 4.78 is 0. The summed E-state index contributed by atoms with van der Waals surface area (Å²) in [5.74, 6) is 0. The van der Waals surface area contributed by atoms with Gasteiger partial charge in [0.15, 0.2) is 0 Å². The van der Waals surface area contributed by atoms with Crippen LogP contribution in [0.1, 0.15) is 47.2 Å². The molecule has 1 heteroatoms. The van der Waals surface area contributed by atoms with Gasteiger partial charge in [-0.25, -0.2) is 0 Å². The first-order valence-corrected chi connectivity index (χ1v) is 22.8. The monoisotopic (exact) mass is 827 g/mol. The van der Waals surface area contributed by atoms with E-state index in [1.165, 1.54) is 100 Å². The van der Waals surface area contributed by atoms with Crippen LogP contribution in [-0.2, 0) is 10.8 Å². The fourth-order valence-electron chi connectivity index (χ4n) is 11.8. The highest BCUT2D eigenvalue weighted by Crippen LogP contribution is 2.65. The van der Waals surface area contributed by atoms with Gasteiger partial charge in [0, 0.05) is 22.4 Å². The van der Waals surface area contributed by atoms with E-state index in [0.717, 1.165) is 17.1 Å². The van der Waals surface area contributed by atoms with Crippen molar-refractivity contribution >= 4 is 17.1 Å². The van der Waals surface area contributed by atoms with Crippen LogP contribution in [-0.4, -0.2) is 0 Å². The van der Waals surface area contributed by atoms with E-state index in [-0.39, 0.29) is 5.41 Å². The highest BCUT2D eigenvalue weighted by atomic mass is 15.1. The number of rotatable bonds is 6. The smallest absolute Gasteiger partial charge is 0.0725 e. The van der Waals surface area contributed by atoms with Gasteiger partial charge in [0.2, 0.25) is 0 Å². The van der Waals surface area contributed by atoms with Crippen LogP contribution in [0.15, 0.2) is 237 Å². The molecule has 1 nitrogen and oxygen atoms in total. The quantitative estimate of drug-likeness (QED) is 0.161. The fraction of sp³-hybridized carbons (Fsp3) is 0.0625. The molecule has 1 spiro atoms. The molecule has 1 unspecified atom stereocenters. The van der Waals surface area contributed by atoms with Gasteiger partial charge in [-0.1, -0.05) is 214 Å². The third kappa shape index (κ3) is 5.39. The van der Waals surface area contributed by atoms with Gasteiger partial charge in [-0.05, 0) is 131 Å². The molecule has 10 aromatic carbocycles. The Hall–Kier alpha value is -8.00. The Labute approximate surface area is 381 Å². The fourth-order valence-corrected chi connectivity index (χ4v) is 11.8. The predicted molar refractivity (Wildman–Crippen MR) is 271 cm³/mol. The standard InChI is InChI=1S/C64H45N/c1-63(2)55-27-13-9-22-48(55)50-39-37-47(41-59(50)63)65(46-35-32-44(33-36-46)42-18-5-3-6-19-42)61-31-16-12-24-52(61)53-26-17-30-58-62(53)54-25-11-15-29-57(54)64(58)56-28-14-10-23-49(56)51-38-34-45(40-60(51)64)43-20-7-4-8-21-43/h3-41H,1-2H3. The average Bonchev–Trinajstić information content (AvgIpc) is 3.93. The molecule has 0 amide bonds. The number of hydrogen-bond acceptors (Lipinski definition) is 1. The van der Waals surface area contributed by atoms with Crippen LogP contribution in [0.4, 0.5) is 17.1 Å². The van der Waals surface area contributed by atoms with Gasteiger partial charge < -0.3 is 4.90 Å². The summed E-state index contributed by atoms with van der Waals surface area (Å²) in [4.78, 5) is 2.49. The molecule has 0 N–H and O–H groups in total. The minimum atomic E-state index is -0.485. The number of para-hydroxylation sites is 1. The Kier molecular flexibility index (Phi) is 8.24. The summed E-state index contributed by atoms with van der Waals surface area (Å²) in [6.07, 6.45) is 0. The van der Waals surface area contributed by atoms with Crippen molar-refractivity contribution in [2.75, 3.05) is 4.90 Å². The molecule has 0 bridgehead atoms. The van der Waals surface area contributed by atoms with E-state index in [2.05, 4.69) is 255 Å². The molecule has 3 aliphatic carbocycles. The topological polar surface area (TPSA) is 3.24 Å². The van der Waals surface area contributed by atoms with Gasteiger partial charge in [-0.2, -0.15) is 0 Å². The van der Waals surface area contributed by atoms with Crippen LogP contribution in [0.5, 0.6) is 0 Å². The molecule has 0 saturated heterocycles. The maximum Gasteiger partial charge on any atom is 0.0725 e. The minimum Gasteiger partial charge on any atom is -0.310 e. The maximum absolute atomic E-state index is 2.49. The largest absolute Gasteiger partial charge is 0.310 e. The summed E-state index contributed by atoms with van der Waals surface area (Å²) in [6.45, 7) is 4.74. The lowest BCUT2D eigenvalue weighted by molar-refractivity contribution is 0.660. The summed E-state index contributed by atoms with van der Waals surface area (Å²) in [7, 11) is 0. The van der Waals surface area contributed by atoms with E-state index in [4.69, 9.17) is 0 Å². The number of hydrogen-bond donors (Lipinski definition) is 0. The van der Waals surface area contributed by atoms with E-state index in [9.17, 15) is 0 Å². The predicted octanol–water partition coefficient (Wildman–Crippen LogP) is 16.8. The van der Waals surface area contributed by atoms with Crippen LogP contribution >= 0.6 is 0 Å². The van der Waals surface area contributed by atoms with E-state index >= 15 is 0 Å². The van der Waals surface area contributed by atoms with Crippen molar-refractivity contribution in [3.05, 3.63) is 270 Å². The summed E-state index contributed by atoms with van der Waals surface area (Å²) in [5.41, 5.74) is 26.0. The Morgan fingerprint density at radius 2 is 0.738 bits per heavy atom. The number of fused-ring (bicyclic) bond motifs is 13. The van der Waals surface area contributed by atoms with Crippen LogP contribution in [0.2, 0.25) is 0 Å². The minimum absolute atomic E-state index is 0.142. The summed E-state index contributed by atoms with van der Waals surface area (Å²) in [6, 6.07) is 88.3. The Bertz CT molecular complexity index is 3510. The third-order valence-electron chi connectivity index (χ3n) is 14.7. The van der Waals surface area contributed by atoms with Crippen LogP contribution in [0.3, 0.4) is 0 Å². The van der Waals surface area contributed by atoms with Gasteiger partial charge in [0.05, 0.1) is 11.1 Å². The van der Waals surface area contributed by atoms with E-state index in [1.807, 2.05) is 0 Å². The molecule has 0 fully saturated rings. The van der Waals surface area contributed by atoms with Crippen molar-refractivity contribution in [2.45, 2.75) is 24.7 Å². The molecule has 306 valence electrons. The SMILES string of the molecule is CC1(C)c2ccccc2-c2ccc(N(c3ccc(-c4ccccc4)cc3)c3ccccc3-c3cccc4c3-c3ccccc3C43c4ccccc4-c4ccc(-c5ccccc5)cc43)cc21. The lowest BCUT2D eigenvalue weighted by Crippen LogP contribution is -2.25. The second-order valence-corrected chi connectivity index (χ2v) is 18.4. The van der Waals surface area contributed by atoms with E-state index in [0.29, 0.717) is 0 Å². The first-order chi connectivity index (χ1) is 32.0. The molecule has 0 saturated carbocycles. The molecule has 3 aliphatic rings.